The number of carbonyl (C=O) groups is 3. The number of para-hydroxylation sites is 1. The van der Waals surface area contributed by atoms with Crippen LogP contribution >= 0.6 is 0 Å². The third kappa shape index (κ3) is 7.19. The molecule has 9 nitrogen and oxygen atoms in total. The van der Waals surface area contributed by atoms with Gasteiger partial charge in [0.1, 0.15) is 0 Å². The number of nitrogens with one attached hydrogen (secondary N) is 1. The highest BCUT2D eigenvalue weighted by molar-refractivity contribution is 6.03. The predicted octanol–water partition coefficient (Wildman–Crippen LogP) is 2.76. The quantitative estimate of drug-likeness (QED) is 0.476. The van der Waals surface area contributed by atoms with Gasteiger partial charge in [0.25, 0.3) is 11.8 Å². The highest BCUT2D eigenvalue weighted by Crippen LogP contribution is 2.28. The zero-order valence-electron chi connectivity index (χ0n) is 20.4. The van der Waals surface area contributed by atoms with Gasteiger partial charge in [-0.25, -0.2) is 0 Å². The molecule has 1 heterocycles. The number of primary amides is 1. The van der Waals surface area contributed by atoms with Gasteiger partial charge in [-0.3, -0.25) is 19.3 Å². The van der Waals surface area contributed by atoms with Gasteiger partial charge in [0.2, 0.25) is 5.91 Å². The summed E-state index contributed by atoms with van der Waals surface area (Å²) < 4.78 is 10.5. The number of nitrogens with zero attached hydrogens (tertiary/aromatic N) is 2. The number of rotatable bonds is 11. The van der Waals surface area contributed by atoms with Crippen LogP contribution in [0.1, 0.15) is 46.4 Å². The van der Waals surface area contributed by atoms with Crippen LogP contribution in [0.2, 0.25) is 0 Å². The summed E-state index contributed by atoms with van der Waals surface area (Å²) in [5.74, 6) is 0.450. The fourth-order valence-corrected chi connectivity index (χ4v) is 4.14. The minimum absolute atomic E-state index is 0.00507. The summed E-state index contributed by atoms with van der Waals surface area (Å²) in [4.78, 5) is 40.8. The zero-order valence-corrected chi connectivity index (χ0v) is 20.4. The molecule has 3 rings (SSSR count). The van der Waals surface area contributed by atoms with Gasteiger partial charge >= 0.3 is 0 Å². The summed E-state index contributed by atoms with van der Waals surface area (Å²) in [7, 11) is 3.12. The first kappa shape index (κ1) is 26.0. The monoisotopic (exact) mass is 482 g/mol. The Kier molecular flexibility index (Phi) is 9.48. The molecule has 1 saturated heterocycles. The number of hydrogen-bond acceptors (Lipinski definition) is 6. The van der Waals surface area contributed by atoms with Gasteiger partial charge in [0, 0.05) is 38.2 Å². The minimum Gasteiger partial charge on any atom is -0.493 e. The Hall–Kier alpha value is -3.59. The average molecular weight is 483 g/mol. The molecule has 0 saturated carbocycles. The van der Waals surface area contributed by atoms with Gasteiger partial charge in [-0.15, -0.1) is 0 Å². The molecule has 3 N–H and O–H groups in total. The van der Waals surface area contributed by atoms with E-state index in [1.807, 2.05) is 4.90 Å². The zero-order chi connectivity index (χ0) is 25.2. The van der Waals surface area contributed by atoms with Crippen molar-refractivity contribution in [3.05, 3.63) is 53.6 Å². The lowest BCUT2D eigenvalue weighted by molar-refractivity contribution is -0.116. The minimum atomic E-state index is -0.563. The maximum Gasteiger partial charge on any atom is 0.254 e. The van der Waals surface area contributed by atoms with E-state index in [-0.39, 0.29) is 11.8 Å². The van der Waals surface area contributed by atoms with Crippen LogP contribution in [0.4, 0.5) is 5.69 Å². The lowest BCUT2D eigenvalue weighted by Gasteiger charge is -2.34. The molecule has 0 radical (unpaired) electrons. The smallest absolute Gasteiger partial charge is 0.254 e. The molecule has 35 heavy (non-hydrogen) atoms. The van der Waals surface area contributed by atoms with Crippen LogP contribution in [0.3, 0.4) is 0 Å². The van der Waals surface area contributed by atoms with Crippen molar-refractivity contribution in [2.24, 2.45) is 5.73 Å². The van der Waals surface area contributed by atoms with Crippen LogP contribution in [-0.2, 0) is 4.79 Å². The first-order valence-electron chi connectivity index (χ1n) is 11.8. The first-order chi connectivity index (χ1) is 16.9. The van der Waals surface area contributed by atoms with Crippen molar-refractivity contribution in [3.8, 4) is 11.5 Å². The second-order valence-corrected chi connectivity index (χ2v) is 8.47. The summed E-state index contributed by atoms with van der Waals surface area (Å²) in [6.07, 6.45) is 3.06. The van der Waals surface area contributed by atoms with Crippen molar-refractivity contribution in [2.75, 3.05) is 52.3 Å². The van der Waals surface area contributed by atoms with Gasteiger partial charge in [-0.1, -0.05) is 18.6 Å². The number of carbonyl (C=O) groups excluding carboxylic acids is 3. The summed E-state index contributed by atoms with van der Waals surface area (Å²) >= 11 is 0. The average Bonchev–Trinajstić information content (AvgIpc) is 2.88. The van der Waals surface area contributed by atoms with Crippen LogP contribution in [0.5, 0.6) is 11.5 Å². The van der Waals surface area contributed by atoms with Crippen molar-refractivity contribution < 1.29 is 23.9 Å². The van der Waals surface area contributed by atoms with Crippen LogP contribution in [0.15, 0.2) is 42.5 Å². The first-order valence-corrected chi connectivity index (χ1v) is 11.8. The molecule has 3 amide bonds. The number of unbranched alkanes of at least 4 members (excludes halogenated alkanes) is 2. The van der Waals surface area contributed by atoms with Crippen LogP contribution in [-0.4, -0.2) is 74.5 Å². The highest BCUT2D eigenvalue weighted by atomic mass is 16.5. The van der Waals surface area contributed by atoms with Crippen molar-refractivity contribution in [3.63, 3.8) is 0 Å². The molecule has 1 aliphatic rings. The van der Waals surface area contributed by atoms with Crippen LogP contribution < -0.4 is 20.5 Å². The fraction of sp³-hybridized carbons (Fsp3) is 0.423. The lowest BCUT2D eigenvalue weighted by atomic mass is 10.1. The largest absolute Gasteiger partial charge is 0.493 e. The molecule has 2 aromatic carbocycles. The Morgan fingerprint density at radius 2 is 1.63 bits per heavy atom. The molecule has 1 fully saturated rings. The summed E-state index contributed by atoms with van der Waals surface area (Å²) in [6.45, 7) is 3.93. The second kappa shape index (κ2) is 12.8. The van der Waals surface area contributed by atoms with Crippen LogP contribution in [0.25, 0.3) is 0 Å². The predicted molar refractivity (Wildman–Crippen MR) is 134 cm³/mol. The number of piperazine rings is 1. The molecule has 0 atom stereocenters. The summed E-state index contributed by atoms with van der Waals surface area (Å²) in [5.41, 5.74) is 6.70. The van der Waals surface area contributed by atoms with Crippen molar-refractivity contribution in [1.29, 1.82) is 0 Å². The Labute approximate surface area is 206 Å². The SMILES string of the molecule is COc1ccc(C(=O)N2CCN(CCCCCC(=O)Nc3ccccc3C(N)=O)CC2)cc1OC. The molecule has 9 heteroatoms. The van der Waals surface area contributed by atoms with E-state index in [0.29, 0.717) is 47.8 Å². The normalized spacial score (nSPS) is 13.8. The number of benzene rings is 2. The van der Waals surface area contributed by atoms with Crippen molar-refractivity contribution in [1.82, 2.24) is 9.80 Å². The molecule has 2 aromatic rings. The number of nitrogens with two attached hydrogens (primary N) is 1. The topological polar surface area (TPSA) is 114 Å². The van der Waals surface area contributed by atoms with Gasteiger partial charge in [0.05, 0.1) is 25.5 Å². The van der Waals surface area contributed by atoms with Gasteiger partial charge in [0.15, 0.2) is 11.5 Å². The molecule has 0 aliphatic carbocycles. The van der Waals surface area contributed by atoms with E-state index in [4.69, 9.17) is 15.2 Å². The maximum atomic E-state index is 12.9. The van der Waals surface area contributed by atoms with E-state index in [1.165, 1.54) is 0 Å². The summed E-state index contributed by atoms with van der Waals surface area (Å²) in [6, 6.07) is 12.0. The third-order valence-corrected chi connectivity index (χ3v) is 6.13. The van der Waals surface area contributed by atoms with Crippen LogP contribution in [0, 0.1) is 0 Å². The van der Waals surface area contributed by atoms with E-state index in [2.05, 4.69) is 10.2 Å². The molecule has 0 unspecified atom stereocenters. The molecular formula is C26H34N4O5. The van der Waals surface area contributed by atoms with Gasteiger partial charge in [-0.05, 0) is 49.7 Å². The molecule has 0 bridgehead atoms. The molecular weight excluding hydrogens is 448 g/mol. The number of anilines is 1. The van der Waals surface area contributed by atoms with Crippen molar-refractivity contribution in [2.45, 2.75) is 25.7 Å². The van der Waals surface area contributed by atoms with Gasteiger partial charge < -0.3 is 25.4 Å². The Morgan fingerprint density at radius 1 is 0.914 bits per heavy atom. The number of hydrogen-bond donors (Lipinski definition) is 2. The van der Waals surface area contributed by atoms with Crippen molar-refractivity contribution >= 4 is 23.4 Å². The Bertz CT molecular complexity index is 1030. The van der Waals surface area contributed by atoms with E-state index in [0.717, 1.165) is 38.9 Å². The van der Waals surface area contributed by atoms with E-state index < -0.39 is 5.91 Å². The standard InChI is InChI=1S/C26H34N4O5/c1-34-22-12-11-19(18-23(22)35-2)26(33)30-16-14-29(15-17-30)13-7-3-4-10-24(31)28-21-9-6-5-8-20(21)25(27)32/h5-6,8-9,11-12,18H,3-4,7,10,13-17H2,1-2H3,(H2,27,32)(H,28,31). The van der Waals surface area contributed by atoms with E-state index in [1.54, 1.807) is 56.7 Å². The third-order valence-electron chi connectivity index (χ3n) is 6.13. The van der Waals surface area contributed by atoms with E-state index in [9.17, 15) is 14.4 Å². The number of ether oxygens (including phenoxy) is 2. The fourth-order valence-electron chi connectivity index (χ4n) is 4.14. The highest BCUT2D eigenvalue weighted by Gasteiger charge is 2.23. The van der Waals surface area contributed by atoms with Gasteiger partial charge in [-0.2, -0.15) is 0 Å². The van der Waals surface area contributed by atoms with E-state index >= 15 is 0 Å². The summed E-state index contributed by atoms with van der Waals surface area (Å²) in [5, 5.41) is 2.77. The second-order valence-electron chi connectivity index (χ2n) is 8.47. The number of amides is 3. The molecule has 188 valence electrons. The molecule has 0 spiro atoms. The maximum absolute atomic E-state index is 12.9. The Morgan fingerprint density at radius 3 is 2.31 bits per heavy atom. The number of methoxy groups -OCH3 is 2. The lowest BCUT2D eigenvalue weighted by Crippen LogP contribution is -2.48. The molecule has 1 aliphatic heterocycles. The Balaban J connectivity index is 1.34. The molecule has 0 aromatic heterocycles.